The standard InChI is InChI=1S/C20H25N3O3/c1-13(2)19-5-15(6-21)14(3)4-16(19)11-26-20(25)23-9-17-7-22(12-24)8-18(17)10-23/h4-5,12-13,17-18H,7-11H2,1-3H3/t17-,18-/m0/s1. The molecule has 1 aromatic rings. The van der Waals surface area contributed by atoms with Crippen molar-refractivity contribution >= 4 is 12.5 Å². The molecule has 2 aliphatic rings. The second-order valence-electron chi connectivity index (χ2n) is 7.67. The number of carbonyl (C=O) groups excluding carboxylic acids is 2. The first-order valence-electron chi connectivity index (χ1n) is 9.07. The molecule has 2 amide bonds. The molecule has 3 rings (SSSR count). The SMILES string of the molecule is Cc1cc(COC(=O)N2C[C@@H]3CN(C=O)C[C@H]3C2)c(C(C)C)cc1C#N. The molecular formula is C20H25N3O3. The van der Waals surface area contributed by atoms with Gasteiger partial charge >= 0.3 is 6.09 Å². The van der Waals surface area contributed by atoms with Gasteiger partial charge in [-0.25, -0.2) is 4.79 Å². The van der Waals surface area contributed by atoms with E-state index in [-0.39, 0.29) is 18.6 Å². The number of nitrogens with zero attached hydrogens (tertiary/aromatic N) is 3. The Balaban J connectivity index is 1.63. The average molecular weight is 355 g/mol. The number of benzene rings is 1. The zero-order valence-electron chi connectivity index (χ0n) is 15.6. The number of likely N-dealkylation sites (tertiary alicyclic amines) is 2. The molecule has 0 aliphatic carbocycles. The van der Waals surface area contributed by atoms with E-state index in [9.17, 15) is 14.9 Å². The Kier molecular flexibility index (Phi) is 5.17. The van der Waals surface area contributed by atoms with Crippen LogP contribution in [0.15, 0.2) is 12.1 Å². The number of ether oxygens (including phenoxy) is 1. The van der Waals surface area contributed by atoms with Crippen LogP contribution in [0.4, 0.5) is 4.79 Å². The smallest absolute Gasteiger partial charge is 0.410 e. The van der Waals surface area contributed by atoms with Gasteiger partial charge < -0.3 is 14.5 Å². The fraction of sp³-hybridized carbons (Fsp3) is 0.550. The maximum atomic E-state index is 12.5. The first kappa shape index (κ1) is 18.2. The van der Waals surface area contributed by atoms with Gasteiger partial charge in [0.25, 0.3) is 0 Å². The molecule has 1 aromatic carbocycles. The van der Waals surface area contributed by atoms with Gasteiger partial charge in [-0.3, -0.25) is 4.79 Å². The van der Waals surface area contributed by atoms with Crippen molar-refractivity contribution in [2.75, 3.05) is 26.2 Å². The zero-order chi connectivity index (χ0) is 18.8. The van der Waals surface area contributed by atoms with E-state index in [1.807, 2.05) is 19.1 Å². The molecule has 6 heteroatoms. The number of hydrogen-bond acceptors (Lipinski definition) is 4. The Hall–Kier alpha value is -2.55. The summed E-state index contributed by atoms with van der Waals surface area (Å²) in [5.41, 5.74) is 3.56. The second-order valence-corrected chi connectivity index (χ2v) is 7.67. The Morgan fingerprint density at radius 2 is 1.96 bits per heavy atom. The largest absolute Gasteiger partial charge is 0.445 e. The van der Waals surface area contributed by atoms with E-state index in [2.05, 4.69) is 19.9 Å². The zero-order valence-corrected chi connectivity index (χ0v) is 15.6. The van der Waals surface area contributed by atoms with Crippen molar-refractivity contribution in [3.63, 3.8) is 0 Å². The van der Waals surface area contributed by atoms with Crippen LogP contribution in [-0.2, 0) is 16.1 Å². The van der Waals surface area contributed by atoms with Gasteiger partial charge in [-0.1, -0.05) is 19.9 Å². The lowest BCUT2D eigenvalue weighted by atomic mass is 9.93. The highest BCUT2D eigenvalue weighted by Gasteiger charge is 2.41. The molecular weight excluding hydrogens is 330 g/mol. The van der Waals surface area contributed by atoms with Crippen molar-refractivity contribution in [3.8, 4) is 6.07 Å². The molecule has 2 saturated heterocycles. The predicted octanol–water partition coefficient (Wildman–Crippen LogP) is 2.65. The quantitative estimate of drug-likeness (QED) is 0.778. The van der Waals surface area contributed by atoms with Gasteiger partial charge in [0.2, 0.25) is 6.41 Å². The third kappa shape index (κ3) is 3.52. The van der Waals surface area contributed by atoms with Gasteiger partial charge in [-0.15, -0.1) is 0 Å². The second kappa shape index (κ2) is 7.36. The van der Waals surface area contributed by atoms with Gasteiger partial charge in [0.05, 0.1) is 11.6 Å². The van der Waals surface area contributed by atoms with E-state index in [0.717, 1.165) is 36.2 Å². The third-order valence-electron chi connectivity index (χ3n) is 5.50. The molecule has 0 unspecified atom stereocenters. The lowest BCUT2D eigenvalue weighted by molar-refractivity contribution is -0.117. The molecule has 0 saturated carbocycles. The molecule has 2 fully saturated rings. The van der Waals surface area contributed by atoms with Gasteiger partial charge in [-0.05, 0) is 35.6 Å². The van der Waals surface area contributed by atoms with E-state index in [0.29, 0.717) is 30.5 Å². The molecule has 138 valence electrons. The minimum Gasteiger partial charge on any atom is -0.445 e. The van der Waals surface area contributed by atoms with Crippen LogP contribution in [0.3, 0.4) is 0 Å². The van der Waals surface area contributed by atoms with Gasteiger partial charge in [-0.2, -0.15) is 5.26 Å². The molecule has 0 spiro atoms. The maximum Gasteiger partial charge on any atom is 0.410 e. The summed E-state index contributed by atoms with van der Waals surface area (Å²) < 4.78 is 5.57. The number of nitriles is 1. The van der Waals surface area contributed by atoms with Gasteiger partial charge in [0.1, 0.15) is 6.61 Å². The van der Waals surface area contributed by atoms with E-state index >= 15 is 0 Å². The predicted molar refractivity (Wildman–Crippen MR) is 96.4 cm³/mol. The fourth-order valence-electron chi connectivity index (χ4n) is 4.06. The van der Waals surface area contributed by atoms with Gasteiger partial charge in [0, 0.05) is 38.0 Å². The minimum absolute atomic E-state index is 0.213. The Morgan fingerprint density at radius 3 is 2.50 bits per heavy atom. The van der Waals surface area contributed by atoms with Crippen LogP contribution in [0.2, 0.25) is 0 Å². The molecule has 0 N–H and O–H groups in total. The van der Waals surface area contributed by atoms with Crippen molar-refractivity contribution in [2.24, 2.45) is 11.8 Å². The topological polar surface area (TPSA) is 73.6 Å². The number of fused-ring (bicyclic) bond motifs is 1. The Morgan fingerprint density at radius 1 is 1.31 bits per heavy atom. The Bertz CT molecular complexity index is 739. The van der Waals surface area contributed by atoms with Crippen LogP contribution < -0.4 is 0 Å². The lowest BCUT2D eigenvalue weighted by Crippen LogP contribution is -2.33. The van der Waals surface area contributed by atoms with Crippen molar-refractivity contribution in [3.05, 3.63) is 34.4 Å². The fourth-order valence-corrected chi connectivity index (χ4v) is 4.06. The normalized spacial score (nSPS) is 21.7. The van der Waals surface area contributed by atoms with Gasteiger partial charge in [0.15, 0.2) is 0 Å². The van der Waals surface area contributed by atoms with Crippen molar-refractivity contribution in [1.29, 1.82) is 5.26 Å². The molecule has 2 aliphatic heterocycles. The summed E-state index contributed by atoms with van der Waals surface area (Å²) >= 11 is 0. The van der Waals surface area contributed by atoms with E-state index in [1.54, 1.807) is 9.80 Å². The van der Waals surface area contributed by atoms with Crippen molar-refractivity contribution in [1.82, 2.24) is 9.80 Å². The number of hydrogen-bond donors (Lipinski definition) is 0. The highest BCUT2D eigenvalue weighted by Crippen LogP contribution is 2.31. The highest BCUT2D eigenvalue weighted by molar-refractivity contribution is 5.68. The summed E-state index contributed by atoms with van der Waals surface area (Å²) in [6.07, 6.45) is 0.593. The van der Waals surface area contributed by atoms with Crippen LogP contribution in [0.25, 0.3) is 0 Å². The van der Waals surface area contributed by atoms with E-state index in [1.165, 1.54) is 0 Å². The average Bonchev–Trinajstić information content (AvgIpc) is 3.17. The molecule has 2 heterocycles. The highest BCUT2D eigenvalue weighted by atomic mass is 16.6. The molecule has 26 heavy (non-hydrogen) atoms. The van der Waals surface area contributed by atoms with E-state index < -0.39 is 0 Å². The number of amides is 2. The number of carbonyl (C=O) groups is 2. The third-order valence-corrected chi connectivity index (χ3v) is 5.50. The maximum absolute atomic E-state index is 12.5. The first-order chi connectivity index (χ1) is 12.4. The minimum atomic E-state index is -0.297. The van der Waals surface area contributed by atoms with Crippen molar-refractivity contribution < 1.29 is 14.3 Å². The number of aryl methyl sites for hydroxylation is 1. The van der Waals surface area contributed by atoms with Crippen LogP contribution in [0.1, 0.15) is 42.0 Å². The Labute approximate surface area is 154 Å². The first-order valence-corrected chi connectivity index (χ1v) is 9.07. The van der Waals surface area contributed by atoms with Crippen molar-refractivity contribution in [2.45, 2.75) is 33.3 Å². The molecule has 0 radical (unpaired) electrons. The number of rotatable bonds is 4. The summed E-state index contributed by atoms with van der Waals surface area (Å²) in [4.78, 5) is 26.9. The summed E-state index contributed by atoms with van der Waals surface area (Å²) in [5, 5.41) is 9.23. The monoisotopic (exact) mass is 355 g/mol. The summed E-state index contributed by atoms with van der Waals surface area (Å²) in [6.45, 7) is 9.00. The van der Waals surface area contributed by atoms with E-state index in [4.69, 9.17) is 4.74 Å². The molecule has 2 atom stereocenters. The summed E-state index contributed by atoms with van der Waals surface area (Å²) in [5.74, 6) is 0.962. The summed E-state index contributed by atoms with van der Waals surface area (Å²) in [7, 11) is 0. The molecule has 6 nitrogen and oxygen atoms in total. The van der Waals surface area contributed by atoms with Crippen LogP contribution in [0.5, 0.6) is 0 Å². The molecule has 0 bridgehead atoms. The lowest BCUT2D eigenvalue weighted by Gasteiger charge is -2.20. The van der Waals surface area contributed by atoms with Crippen LogP contribution >= 0.6 is 0 Å². The van der Waals surface area contributed by atoms with Crippen LogP contribution in [0, 0.1) is 30.1 Å². The molecule has 0 aromatic heterocycles. The summed E-state index contributed by atoms with van der Waals surface area (Å²) in [6, 6.07) is 6.06. The van der Waals surface area contributed by atoms with Crippen LogP contribution in [-0.4, -0.2) is 48.5 Å².